The molecular weight excluding hydrogens is 228 g/mol. The van der Waals surface area contributed by atoms with Gasteiger partial charge in [-0.05, 0) is 51.9 Å². The van der Waals surface area contributed by atoms with Gasteiger partial charge in [-0.1, -0.05) is 6.92 Å². The molecule has 96 valence electrons. The number of likely N-dealkylation sites (N-methyl/N-ethyl adjacent to an activating group) is 1. The summed E-state index contributed by atoms with van der Waals surface area (Å²) in [5, 5.41) is 3.50. The third-order valence-corrected chi connectivity index (χ3v) is 5.30. The molecule has 0 radical (unpaired) electrons. The summed E-state index contributed by atoms with van der Waals surface area (Å²) in [6.07, 6.45) is 3.80. The normalized spacial score (nSPS) is 22.9. The molecule has 0 bridgehead atoms. The van der Waals surface area contributed by atoms with Gasteiger partial charge in [0, 0.05) is 28.4 Å². The summed E-state index contributed by atoms with van der Waals surface area (Å²) in [5.74, 6) is 0. The Kier molecular flexibility index (Phi) is 4.60. The standard InChI is InChI=1S/C14H24N2S/c1-4-13-7-8-14(17-13)11(2)16(3)12-6-5-9-15-10-12/h7-8,11-12,15H,4-6,9-10H2,1-3H3. The van der Waals surface area contributed by atoms with Crippen molar-refractivity contribution in [3.63, 3.8) is 0 Å². The second-order valence-corrected chi connectivity index (χ2v) is 6.20. The van der Waals surface area contributed by atoms with Crippen LogP contribution in [0.25, 0.3) is 0 Å². The van der Waals surface area contributed by atoms with Crippen molar-refractivity contribution in [3.05, 3.63) is 21.9 Å². The molecule has 0 amide bonds. The summed E-state index contributed by atoms with van der Waals surface area (Å²) in [4.78, 5) is 5.55. The monoisotopic (exact) mass is 252 g/mol. The van der Waals surface area contributed by atoms with Gasteiger partial charge in [0.1, 0.15) is 0 Å². The van der Waals surface area contributed by atoms with Gasteiger partial charge in [-0.15, -0.1) is 11.3 Å². The van der Waals surface area contributed by atoms with Gasteiger partial charge in [-0.2, -0.15) is 0 Å². The van der Waals surface area contributed by atoms with Crippen molar-refractivity contribution in [3.8, 4) is 0 Å². The summed E-state index contributed by atoms with van der Waals surface area (Å²) >= 11 is 1.97. The van der Waals surface area contributed by atoms with E-state index in [1.807, 2.05) is 11.3 Å². The topological polar surface area (TPSA) is 15.3 Å². The van der Waals surface area contributed by atoms with Crippen molar-refractivity contribution in [2.45, 2.75) is 45.2 Å². The molecule has 2 unspecified atom stereocenters. The molecule has 2 heterocycles. The van der Waals surface area contributed by atoms with Gasteiger partial charge in [0.2, 0.25) is 0 Å². The lowest BCUT2D eigenvalue weighted by atomic mass is 10.0. The number of aryl methyl sites for hydroxylation is 1. The van der Waals surface area contributed by atoms with Gasteiger partial charge in [-0.25, -0.2) is 0 Å². The molecule has 1 aromatic heterocycles. The average Bonchev–Trinajstić information content (AvgIpc) is 2.87. The lowest BCUT2D eigenvalue weighted by molar-refractivity contribution is 0.158. The van der Waals surface area contributed by atoms with Gasteiger partial charge < -0.3 is 5.32 Å². The van der Waals surface area contributed by atoms with Gasteiger partial charge in [0.05, 0.1) is 0 Å². The number of hydrogen-bond acceptors (Lipinski definition) is 3. The summed E-state index contributed by atoms with van der Waals surface area (Å²) in [7, 11) is 2.27. The minimum atomic E-state index is 0.546. The lowest BCUT2D eigenvalue weighted by Crippen LogP contribution is -2.44. The van der Waals surface area contributed by atoms with E-state index in [0.717, 1.165) is 13.0 Å². The van der Waals surface area contributed by atoms with Gasteiger partial charge in [0.15, 0.2) is 0 Å². The Morgan fingerprint density at radius 2 is 2.35 bits per heavy atom. The molecule has 17 heavy (non-hydrogen) atoms. The summed E-state index contributed by atoms with van der Waals surface area (Å²) in [5.41, 5.74) is 0. The van der Waals surface area contributed by atoms with Crippen LogP contribution in [0.2, 0.25) is 0 Å². The van der Waals surface area contributed by atoms with E-state index in [1.165, 1.54) is 29.1 Å². The van der Waals surface area contributed by atoms with E-state index in [1.54, 1.807) is 0 Å². The van der Waals surface area contributed by atoms with E-state index >= 15 is 0 Å². The molecule has 1 aromatic rings. The van der Waals surface area contributed by atoms with Crippen LogP contribution in [0.3, 0.4) is 0 Å². The van der Waals surface area contributed by atoms with E-state index in [2.05, 4.69) is 43.2 Å². The molecule has 1 fully saturated rings. The Hall–Kier alpha value is -0.380. The molecule has 0 saturated carbocycles. The Morgan fingerprint density at radius 3 is 2.94 bits per heavy atom. The molecule has 2 nitrogen and oxygen atoms in total. The Bertz CT molecular complexity index is 342. The van der Waals surface area contributed by atoms with Crippen molar-refractivity contribution in [1.82, 2.24) is 10.2 Å². The second-order valence-electron chi connectivity index (χ2n) is 5.00. The minimum absolute atomic E-state index is 0.546. The fourth-order valence-electron chi connectivity index (χ4n) is 2.51. The van der Waals surface area contributed by atoms with Crippen LogP contribution >= 0.6 is 11.3 Å². The molecule has 0 spiro atoms. The van der Waals surface area contributed by atoms with Gasteiger partial charge >= 0.3 is 0 Å². The Labute approximate surface area is 109 Å². The molecule has 2 rings (SSSR count). The predicted molar refractivity (Wildman–Crippen MR) is 75.8 cm³/mol. The zero-order chi connectivity index (χ0) is 12.3. The highest BCUT2D eigenvalue weighted by molar-refractivity contribution is 7.12. The summed E-state index contributed by atoms with van der Waals surface area (Å²) in [6, 6.07) is 5.83. The van der Waals surface area contributed by atoms with Crippen molar-refractivity contribution >= 4 is 11.3 Å². The zero-order valence-electron chi connectivity index (χ0n) is 11.2. The van der Waals surface area contributed by atoms with Crippen molar-refractivity contribution < 1.29 is 0 Å². The second kappa shape index (κ2) is 5.98. The van der Waals surface area contributed by atoms with Crippen LogP contribution in [0.15, 0.2) is 12.1 Å². The lowest BCUT2D eigenvalue weighted by Gasteiger charge is -2.35. The Morgan fingerprint density at radius 1 is 1.53 bits per heavy atom. The zero-order valence-corrected chi connectivity index (χ0v) is 12.0. The molecule has 1 aliphatic rings. The SMILES string of the molecule is CCc1ccc(C(C)N(C)C2CCCNC2)s1. The maximum Gasteiger partial charge on any atom is 0.0413 e. The van der Waals surface area contributed by atoms with Crippen LogP contribution in [0.4, 0.5) is 0 Å². The van der Waals surface area contributed by atoms with Crippen molar-refractivity contribution in [1.29, 1.82) is 0 Å². The smallest absolute Gasteiger partial charge is 0.0413 e. The third kappa shape index (κ3) is 3.09. The summed E-state index contributed by atoms with van der Waals surface area (Å²) < 4.78 is 0. The first kappa shape index (κ1) is 13.1. The number of piperidine rings is 1. The maximum atomic E-state index is 3.50. The number of nitrogens with zero attached hydrogens (tertiary/aromatic N) is 1. The first-order chi connectivity index (χ1) is 8.22. The molecule has 1 aliphatic heterocycles. The number of hydrogen-bond donors (Lipinski definition) is 1. The minimum Gasteiger partial charge on any atom is -0.315 e. The molecule has 0 aromatic carbocycles. The average molecular weight is 252 g/mol. The fraction of sp³-hybridized carbons (Fsp3) is 0.714. The number of rotatable bonds is 4. The van der Waals surface area contributed by atoms with Crippen LogP contribution in [0.5, 0.6) is 0 Å². The predicted octanol–water partition coefficient (Wildman–Crippen LogP) is 3.06. The van der Waals surface area contributed by atoms with Crippen molar-refractivity contribution in [2.75, 3.05) is 20.1 Å². The van der Waals surface area contributed by atoms with E-state index in [4.69, 9.17) is 0 Å². The Balaban J connectivity index is 2.00. The molecule has 1 saturated heterocycles. The van der Waals surface area contributed by atoms with Crippen LogP contribution in [0, 0.1) is 0 Å². The maximum absolute atomic E-state index is 3.50. The number of nitrogens with one attached hydrogen (secondary N) is 1. The van der Waals surface area contributed by atoms with Gasteiger partial charge in [-0.3, -0.25) is 4.90 Å². The fourth-order valence-corrected chi connectivity index (χ4v) is 3.56. The van der Waals surface area contributed by atoms with Crippen LogP contribution < -0.4 is 5.32 Å². The van der Waals surface area contributed by atoms with Crippen LogP contribution in [-0.2, 0) is 6.42 Å². The highest BCUT2D eigenvalue weighted by Gasteiger charge is 2.23. The van der Waals surface area contributed by atoms with Crippen molar-refractivity contribution in [2.24, 2.45) is 0 Å². The first-order valence-electron chi connectivity index (χ1n) is 6.73. The number of thiophene rings is 1. The quantitative estimate of drug-likeness (QED) is 0.886. The van der Waals surface area contributed by atoms with E-state index in [0.29, 0.717) is 12.1 Å². The molecule has 3 heteroatoms. The molecule has 2 atom stereocenters. The van der Waals surface area contributed by atoms with Gasteiger partial charge in [0.25, 0.3) is 0 Å². The van der Waals surface area contributed by atoms with Crippen LogP contribution in [-0.4, -0.2) is 31.1 Å². The highest BCUT2D eigenvalue weighted by atomic mass is 32.1. The van der Waals surface area contributed by atoms with Crippen LogP contribution in [0.1, 0.15) is 42.5 Å². The third-order valence-electron chi connectivity index (χ3n) is 3.90. The van der Waals surface area contributed by atoms with E-state index in [9.17, 15) is 0 Å². The highest BCUT2D eigenvalue weighted by Crippen LogP contribution is 2.29. The van der Waals surface area contributed by atoms with E-state index in [-0.39, 0.29) is 0 Å². The largest absolute Gasteiger partial charge is 0.315 e. The first-order valence-corrected chi connectivity index (χ1v) is 7.55. The molecule has 0 aliphatic carbocycles. The summed E-state index contributed by atoms with van der Waals surface area (Å²) in [6.45, 7) is 6.90. The molecule has 1 N–H and O–H groups in total. The molecular formula is C14H24N2S. The van der Waals surface area contributed by atoms with E-state index < -0.39 is 0 Å².